The Morgan fingerprint density at radius 2 is 1.76 bits per heavy atom. The smallest absolute Gasteiger partial charge is 0.340 e. The van der Waals surface area contributed by atoms with Gasteiger partial charge in [0.05, 0.1) is 17.2 Å². The summed E-state index contributed by atoms with van der Waals surface area (Å²) in [5.74, 6) is -1.96. The van der Waals surface area contributed by atoms with Crippen LogP contribution >= 0.6 is 7.60 Å². The molecule has 2 fully saturated rings. The summed E-state index contributed by atoms with van der Waals surface area (Å²) in [6.45, 7) is 1.47. The van der Waals surface area contributed by atoms with Crippen LogP contribution in [0.4, 0.5) is 14.5 Å². The van der Waals surface area contributed by atoms with Gasteiger partial charge in [0.2, 0.25) is 17.7 Å². The van der Waals surface area contributed by atoms with Crippen LogP contribution in [0.15, 0.2) is 60.8 Å². The summed E-state index contributed by atoms with van der Waals surface area (Å²) in [7, 11) is -4.27. The fraction of sp³-hybridized carbons (Fsp3) is 0.344. The Kier molecular flexibility index (Phi) is 8.90. The predicted octanol–water partition coefficient (Wildman–Crippen LogP) is 2.78. The van der Waals surface area contributed by atoms with Gasteiger partial charge in [-0.2, -0.15) is 19.0 Å². The SMILES string of the molecule is CC(=O)N1CC[C@H]2CC[C@@H](C(=O)N(C)c3ccc4nnccc4c3)N2C(=O)[C@@H](NC(=O)c2ccc3ccc(C(F)(F)P(=O)(O)O)nc3c2)C1. The van der Waals surface area contributed by atoms with Gasteiger partial charge < -0.3 is 29.8 Å². The Bertz CT molecular complexity index is 2040. The third kappa shape index (κ3) is 6.46. The number of alkyl halides is 2. The average Bonchev–Trinajstić information content (AvgIpc) is 3.49. The molecule has 2 aliphatic heterocycles. The normalized spacial score (nSPS) is 20.1. The highest BCUT2D eigenvalue weighted by molar-refractivity contribution is 7.52. The molecule has 0 spiro atoms. The lowest BCUT2D eigenvalue weighted by Crippen LogP contribution is -2.61. The quantitative estimate of drug-likeness (QED) is 0.253. The molecule has 4 amide bonds. The molecule has 4 aromatic rings. The summed E-state index contributed by atoms with van der Waals surface area (Å²) < 4.78 is 40.1. The number of pyridine rings is 1. The molecule has 2 aromatic heterocycles. The second-order valence-corrected chi connectivity index (χ2v) is 13.8. The van der Waals surface area contributed by atoms with E-state index in [1.54, 1.807) is 37.5 Å². The largest absolute Gasteiger partial charge is 0.401 e. The Morgan fingerprint density at radius 1 is 1.00 bits per heavy atom. The summed E-state index contributed by atoms with van der Waals surface area (Å²) in [6, 6.07) is 10.5. The van der Waals surface area contributed by atoms with Crippen LogP contribution < -0.4 is 10.2 Å². The fourth-order valence-corrected chi connectivity index (χ4v) is 6.79. The van der Waals surface area contributed by atoms with Gasteiger partial charge in [-0.05, 0) is 61.7 Å². The molecule has 3 atom stereocenters. The van der Waals surface area contributed by atoms with Crippen LogP contribution in [0.2, 0.25) is 0 Å². The number of hydrogen-bond acceptors (Lipinski definition) is 8. The molecule has 2 aromatic carbocycles. The van der Waals surface area contributed by atoms with E-state index in [1.165, 1.54) is 39.8 Å². The molecule has 0 radical (unpaired) electrons. The van der Waals surface area contributed by atoms with Crippen molar-refractivity contribution in [2.75, 3.05) is 25.0 Å². The first-order chi connectivity index (χ1) is 23.2. The minimum Gasteiger partial charge on any atom is -0.340 e. The van der Waals surface area contributed by atoms with Crippen molar-refractivity contribution in [2.24, 2.45) is 0 Å². The van der Waals surface area contributed by atoms with Gasteiger partial charge >= 0.3 is 13.3 Å². The first-order valence-corrected chi connectivity index (χ1v) is 17.0. The maximum Gasteiger partial charge on any atom is 0.401 e. The standard InChI is InChI=1S/C32H32F2N7O7P/c1-18(42)40-14-12-22-7-9-27(31(45)39(2)23-6-8-24-20(15-23)11-13-35-38-24)41(22)30(44)26(17-40)37-29(43)21-4-3-19-5-10-28(36-25(19)16-21)32(33,34)49(46,47)48/h3-6,8,10-11,13,15-16,22,26-27H,7,9,12,14,17H2,1-2H3,(H,37,43)(H2,46,47,48)/t22-,26+,27+/m1/s1. The molecule has 256 valence electrons. The van der Waals surface area contributed by atoms with Crippen molar-refractivity contribution in [3.05, 3.63) is 72.1 Å². The van der Waals surface area contributed by atoms with Crippen molar-refractivity contribution in [1.29, 1.82) is 0 Å². The summed E-state index contributed by atoms with van der Waals surface area (Å²) in [5, 5.41) is 11.7. The first-order valence-electron chi connectivity index (χ1n) is 15.4. The Balaban J connectivity index is 1.27. The van der Waals surface area contributed by atoms with Gasteiger partial charge in [0.15, 0.2) is 0 Å². The molecule has 0 bridgehead atoms. The molecule has 2 saturated heterocycles. The molecule has 14 nitrogen and oxygen atoms in total. The summed E-state index contributed by atoms with van der Waals surface area (Å²) in [4.78, 5) is 80.6. The van der Waals surface area contributed by atoms with Gasteiger partial charge in [-0.3, -0.25) is 23.7 Å². The maximum absolute atomic E-state index is 14.4. The molecule has 4 heterocycles. The zero-order chi connectivity index (χ0) is 35.2. The number of fused-ring (bicyclic) bond motifs is 3. The van der Waals surface area contributed by atoms with Crippen molar-refractivity contribution < 1.29 is 42.3 Å². The maximum atomic E-state index is 14.4. The van der Waals surface area contributed by atoms with Crippen molar-refractivity contribution in [3.63, 3.8) is 0 Å². The van der Waals surface area contributed by atoms with Crippen molar-refractivity contribution >= 4 is 58.7 Å². The highest BCUT2D eigenvalue weighted by Gasteiger charge is 2.52. The number of benzene rings is 2. The second kappa shape index (κ2) is 12.8. The van der Waals surface area contributed by atoms with E-state index in [1.807, 2.05) is 0 Å². The Morgan fingerprint density at radius 3 is 2.49 bits per heavy atom. The number of carbonyl (C=O) groups excluding carboxylic acids is 4. The minimum atomic E-state index is -5.89. The molecule has 17 heteroatoms. The van der Waals surface area contributed by atoms with Gasteiger partial charge in [0, 0.05) is 55.1 Å². The summed E-state index contributed by atoms with van der Waals surface area (Å²) in [5.41, 5.74) is -4.70. The molecule has 0 unspecified atom stereocenters. The second-order valence-electron chi connectivity index (χ2n) is 12.1. The molecule has 0 saturated carbocycles. The lowest BCUT2D eigenvalue weighted by molar-refractivity contribution is -0.144. The van der Waals surface area contributed by atoms with Crippen LogP contribution in [-0.4, -0.2) is 96.7 Å². The topological polar surface area (TPSA) is 186 Å². The monoisotopic (exact) mass is 695 g/mol. The number of likely N-dealkylation sites (N-methyl/N-ethyl adjacent to an activating group) is 1. The van der Waals surface area contributed by atoms with Crippen LogP contribution in [0, 0.1) is 0 Å². The number of halogens is 2. The van der Waals surface area contributed by atoms with Gasteiger partial charge in [0.25, 0.3) is 5.91 Å². The Labute approximate surface area is 278 Å². The van der Waals surface area contributed by atoms with Gasteiger partial charge in [-0.25, -0.2) is 4.98 Å². The highest BCUT2D eigenvalue weighted by Crippen LogP contribution is 2.58. The average molecular weight is 696 g/mol. The van der Waals surface area contributed by atoms with E-state index in [0.29, 0.717) is 35.9 Å². The molecule has 6 rings (SSSR count). The van der Waals surface area contributed by atoms with Crippen LogP contribution in [-0.2, 0) is 24.6 Å². The van der Waals surface area contributed by atoms with E-state index in [4.69, 9.17) is 9.79 Å². The predicted molar refractivity (Wildman–Crippen MR) is 172 cm³/mol. The molecule has 49 heavy (non-hydrogen) atoms. The van der Waals surface area contributed by atoms with E-state index < -0.39 is 42.9 Å². The number of nitrogens with one attached hydrogen (secondary N) is 1. The fourth-order valence-electron chi connectivity index (χ4n) is 6.36. The van der Waals surface area contributed by atoms with E-state index in [2.05, 4.69) is 20.5 Å². The van der Waals surface area contributed by atoms with Crippen LogP contribution in [0.5, 0.6) is 0 Å². The number of rotatable bonds is 6. The van der Waals surface area contributed by atoms with Gasteiger partial charge in [-0.15, -0.1) is 0 Å². The van der Waals surface area contributed by atoms with E-state index in [9.17, 15) is 32.5 Å². The third-order valence-electron chi connectivity index (χ3n) is 9.07. The number of amides is 4. The summed E-state index contributed by atoms with van der Waals surface area (Å²) >= 11 is 0. The van der Waals surface area contributed by atoms with Crippen LogP contribution in [0.25, 0.3) is 21.8 Å². The van der Waals surface area contributed by atoms with Gasteiger partial charge in [0.1, 0.15) is 17.8 Å². The zero-order valence-corrected chi connectivity index (χ0v) is 27.3. The van der Waals surface area contributed by atoms with Gasteiger partial charge in [-0.1, -0.05) is 12.1 Å². The lowest BCUT2D eigenvalue weighted by atomic mass is 10.1. The highest BCUT2D eigenvalue weighted by atomic mass is 31.2. The molecule has 3 N–H and O–H groups in total. The molecular weight excluding hydrogens is 663 g/mol. The molecule has 2 aliphatic rings. The number of aromatic nitrogens is 3. The Hall–Kier alpha value is -4.92. The minimum absolute atomic E-state index is 0.0767. The van der Waals surface area contributed by atoms with Crippen molar-refractivity contribution in [2.45, 2.75) is 50.0 Å². The molecule has 0 aliphatic carbocycles. The van der Waals surface area contributed by atoms with E-state index >= 15 is 0 Å². The first kappa shape index (κ1) is 34.0. The third-order valence-corrected chi connectivity index (χ3v) is 10.0. The van der Waals surface area contributed by atoms with Crippen LogP contribution in [0.3, 0.4) is 0 Å². The van der Waals surface area contributed by atoms with Crippen LogP contribution in [0.1, 0.15) is 42.2 Å². The number of carbonyl (C=O) groups is 4. The molecular formula is C32H32F2N7O7P. The van der Waals surface area contributed by atoms with E-state index in [0.717, 1.165) is 17.5 Å². The van der Waals surface area contributed by atoms with Crippen molar-refractivity contribution in [1.82, 2.24) is 30.3 Å². The number of hydrogen-bond donors (Lipinski definition) is 3. The zero-order valence-electron chi connectivity index (χ0n) is 26.4. The van der Waals surface area contributed by atoms with Crippen molar-refractivity contribution in [3.8, 4) is 0 Å². The van der Waals surface area contributed by atoms with E-state index in [-0.39, 0.29) is 42.0 Å². The summed E-state index contributed by atoms with van der Waals surface area (Å²) in [6.07, 6.45) is 2.86. The number of nitrogens with zero attached hydrogens (tertiary/aromatic N) is 6. The lowest BCUT2D eigenvalue weighted by Gasteiger charge is -2.39. The number of anilines is 1.